The zero-order valence-corrected chi connectivity index (χ0v) is 19.1. The maximum absolute atomic E-state index is 10.3. The van der Waals surface area contributed by atoms with Gasteiger partial charge < -0.3 is 25.4 Å². The van der Waals surface area contributed by atoms with Gasteiger partial charge in [0.15, 0.2) is 17.0 Å². The summed E-state index contributed by atoms with van der Waals surface area (Å²) in [5.74, 6) is 1.29. The number of phenolic OH excluding ortho intramolecular Hbond substituents is 1. The van der Waals surface area contributed by atoms with Crippen molar-refractivity contribution < 1.29 is 10.2 Å². The first-order chi connectivity index (χ1) is 14.7. The van der Waals surface area contributed by atoms with E-state index in [1.165, 1.54) is 0 Å². The van der Waals surface area contributed by atoms with E-state index in [2.05, 4.69) is 27.5 Å². The first-order valence-corrected chi connectivity index (χ1v) is 10.9. The summed E-state index contributed by atoms with van der Waals surface area (Å²) in [6, 6.07) is 5.42. The number of phenols is 1. The number of rotatable bonds is 10. The first kappa shape index (κ1) is 22.8. The van der Waals surface area contributed by atoms with Gasteiger partial charge in [0.25, 0.3) is 0 Å². The number of aromatic hydroxyl groups is 1. The molecule has 3 aromatic rings. The Balaban J connectivity index is 1.94. The van der Waals surface area contributed by atoms with Gasteiger partial charge in [-0.05, 0) is 39.7 Å². The second-order valence-electron chi connectivity index (χ2n) is 8.67. The largest absolute Gasteiger partial charge is 0.507 e. The van der Waals surface area contributed by atoms with Gasteiger partial charge in [0.2, 0.25) is 5.95 Å². The molecule has 0 fully saturated rings. The van der Waals surface area contributed by atoms with Crippen molar-refractivity contribution in [1.29, 1.82) is 0 Å². The second kappa shape index (κ2) is 9.51. The molecule has 0 saturated heterocycles. The van der Waals surface area contributed by atoms with Crippen LogP contribution in [0.4, 0.5) is 11.8 Å². The number of aromatic nitrogens is 4. The number of imidazole rings is 1. The summed E-state index contributed by atoms with van der Waals surface area (Å²) in [6.45, 7) is 10.7. The maximum Gasteiger partial charge on any atom is 0.227 e. The Morgan fingerprint density at radius 3 is 2.68 bits per heavy atom. The fourth-order valence-corrected chi connectivity index (χ4v) is 3.24. The van der Waals surface area contributed by atoms with Crippen molar-refractivity contribution in [2.45, 2.75) is 78.6 Å². The minimum absolute atomic E-state index is 0.255. The van der Waals surface area contributed by atoms with Crippen molar-refractivity contribution >= 4 is 22.9 Å². The summed E-state index contributed by atoms with van der Waals surface area (Å²) in [7, 11) is 0. The Labute approximate surface area is 183 Å². The third kappa shape index (κ3) is 5.44. The predicted octanol–water partition coefficient (Wildman–Crippen LogP) is 4.21. The van der Waals surface area contributed by atoms with Gasteiger partial charge in [-0.15, -0.1) is 0 Å². The van der Waals surface area contributed by atoms with E-state index in [4.69, 9.17) is 4.98 Å². The quantitative estimate of drug-likeness (QED) is 0.360. The van der Waals surface area contributed by atoms with Gasteiger partial charge in [-0.1, -0.05) is 38.0 Å². The summed E-state index contributed by atoms with van der Waals surface area (Å²) in [4.78, 5) is 13.9. The van der Waals surface area contributed by atoms with Gasteiger partial charge in [-0.25, -0.2) is 4.98 Å². The molecule has 8 nitrogen and oxygen atoms in total. The Morgan fingerprint density at radius 1 is 1.19 bits per heavy atom. The Hall–Kier alpha value is -2.87. The molecular weight excluding hydrogens is 392 g/mol. The standard InChI is InChI=1S/C23H34N6O2/c1-6-7-8-12-29-14-25-18-20(24-13-17-11-9-10-15(2)19(17)30)27-22(28-21(18)29)26-16(3)23(4,5)31/h9-11,14,16,30-31H,6-8,12-13H2,1-5H3,(H2,24,26,27,28). The van der Waals surface area contributed by atoms with Gasteiger partial charge in [0, 0.05) is 18.7 Å². The molecule has 0 aliphatic carbocycles. The number of hydrogen-bond donors (Lipinski definition) is 4. The summed E-state index contributed by atoms with van der Waals surface area (Å²) >= 11 is 0. The monoisotopic (exact) mass is 426 g/mol. The summed E-state index contributed by atoms with van der Waals surface area (Å²) < 4.78 is 2.04. The molecule has 31 heavy (non-hydrogen) atoms. The molecule has 0 bridgehead atoms. The van der Waals surface area contributed by atoms with Crippen molar-refractivity contribution in [3.8, 4) is 5.75 Å². The lowest BCUT2D eigenvalue weighted by Gasteiger charge is -2.26. The maximum atomic E-state index is 10.3. The third-order valence-corrected chi connectivity index (χ3v) is 5.64. The molecule has 0 spiro atoms. The van der Waals surface area contributed by atoms with E-state index >= 15 is 0 Å². The topological polar surface area (TPSA) is 108 Å². The first-order valence-electron chi connectivity index (χ1n) is 10.9. The third-order valence-electron chi connectivity index (χ3n) is 5.64. The highest BCUT2D eigenvalue weighted by Gasteiger charge is 2.24. The van der Waals surface area contributed by atoms with Gasteiger partial charge in [-0.2, -0.15) is 9.97 Å². The van der Waals surface area contributed by atoms with Crippen LogP contribution in [0.25, 0.3) is 11.2 Å². The molecule has 1 unspecified atom stereocenters. The van der Waals surface area contributed by atoms with Crippen LogP contribution in [0, 0.1) is 6.92 Å². The number of anilines is 2. The molecule has 1 atom stereocenters. The van der Waals surface area contributed by atoms with Crippen LogP contribution in [0.15, 0.2) is 24.5 Å². The van der Waals surface area contributed by atoms with E-state index in [-0.39, 0.29) is 11.8 Å². The molecule has 0 saturated carbocycles. The zero-order chi connectivity index (χ0) is 22.6. The van der Waals surface area contributed by atoms with Crippen LogP contribution in [-0.2, 0) is 13.1 Å². The number of nitrogens with zero attached hydrogens (tertiary/aromatic N) is 4. The lowest BCUT2D eigenvalue weighted by Crippen LogP contribution is -2.39. The van der Waals surface area contributed by atoms with Gasteiger partial charge in [0.1, 0.15) is 5.75 Å². The number of hydrogen-bond acceptors (Lipinski definition) is 7. The molecule has 2 aromatic heterocycles. The number of aryl methyl sites for hydroxylation is 2. The number of aliphatic hydroxyl groups is 1. The molecule has 168 valence electrons. The molecule has 0 aliphatic rings. The van der Waals surface area contributed by atoms with E-state index in [0.29, 0.717) is 23.8 Å². The van der Waals surface area contributed by atoms with Crippen molar-refractivity contribution in [3.05, 3.63) is 35.7 Å². The molecule has 0 amide bonds. The molecule has 1 aromatic carbocycles. The van der Waals surface area contributed by atoms with Gasteiger partial charge in [0.05, 0.1) is 18.0 Å². The number of para-hydroxylation sites is 1. The van der Waals surface area contributed by atoms with Crippen LogP contribution in [0.3, 0.4) is 0 Å². The number of nitrogens with one attached hydrogen (secondary N) is 2. The average Bonchev–Trinajstić information content (AvgIpc) is 3.11. The lowest BCUT2D eigenvalue weighted by atomic mass is 10.0. The minimum atomic E-state index is -0.930. The molecule has 4 N–H and O–H groups in total. The molecule has 3 rings (SSSR count). The minimum Gasteiger partial charge on any atom is -0.507 e. The summed E-state index contributed by atoms with van der Waals surface area (Å²) in [5, 5.41) is 27.2. The Kier molecular flexibility index (Phi) is 7.00. The van der Waals surface area contributed by atoms with Crippen LogP contribution in [-0.4, -0.2) is 41.4 Å². The Morgan fingerprint density at radius 2 is 1.97 bits per heavy atom. The van der Waals surface area contributed by atoms with Crippen LogP contribution in [0.2, 0.25) is 0 Å². The average molecular weight is 427 g/mol. The predicted molar refractivity (Wildman–Crippen MR) is 124 cm³/mol. The smallest absolute Gasteiger partial charge is 0.227 e. The molecule has 8 heteroatoms. The molecule has 0 radical (unpaired) electrons. The van der Waals surface area contributed by atoms with E-state index in [1.807, 2.05) is 36.6 Å². The zero-order valence-electron chi connectivity index (χ0n) is 19.1. The lowest BCUT2D eigenvalue weighted by molar-refractivity contribution is 0.0646. The fourth-order valence-electron chi connectivity index (χ4n) is 3.24. The Bertz CT molecular complexity index is 1020. The fraction of sp³-hybridized carbons (Fsp3) is 0.522. The highest BCUT2D eigenvalue weighted by Crippen LogP contribution is 2.26. The number of unbranched alkanes of at least 4 members (excludes halogenated alkanes) is 2. The molecule has 2 heterocycles. The van der Waals surface area contributed by atoms with Crippen molar-refractivity contribution in [2.75, 3.05) is 10.6 Å². The van der Waals surface area contributed by atoms with E-state index in [0.717, 1.165) is 42.6 Å². The van der Waals surface area contributed by atoms with Crippen molar-refractivity contribution in [1.82, 2.24) is 19.5 Å². The van der Waals surface area contributed by atoms with Crippen LogP contribution in [0.5, 0.6) is 5.75 Å². The normalized spacial score (nSPS) is 12.8. The van der Waals surface area contributed by atoms with E-state index in [9.17, 15) is 10.2 Å². The van der Waals surface area contributed by atoms with Crippen LogP contribution < -0.4 is 10.6 Å². The highest BCUT2D eigenvalue weighted by atomic mass is 16.3. The van der Waals surface area contributed by atoms with Crippen LogP contribution in [0.1, 0.15) is 58.1 Å². The number of fused-ring (bicyclic) bond motifs is 1. The summed E-state index contributed by atoms with van der Waals surface area (Å²) in [6.07, 6.45) is 5.13. The SMILES string of the molecule is CCCCCn1cnc2c(NCc3cccc(C)c3O)nc(NC(C)C(C)(C)O)nc21. The summed E-state index contributed by atoms with van der Waals surface area (Å²) in [5.41, 5.74) is 2.11. The van der Waals surface area contributed by atoms with E-state index in [1.54, 1.807) is 20.2 Å². The number of benzene rings is 1. The molecule has 0 aliphatic heterocycles. The van der Waals surface area contributed by atoms with Gasteiger partial charge >= 0.3 is 0 Å². The van der Waals surface area contributed by atoms with Gasteiger partial charge in [-0.3, -0.25) is 0 Å². The highest BCUT2D eigenvalue weighted by molar-refractivity contribution is 5.84. The van der Waals surface area contributed by atoms with Crippen LogP contribution >= 0.6 is 0 Å². The second-order valence-corrected chi connectivity index (χ2v) is 8.67. The van der Waals surface area contributed by atoms with Crippen molar-refractivity contribution in [2.24, 2.45) is 0 Å². The molecular formula is C23H34N6O2. The van der Waals surface area contributed by atoms with E-state index < -0.39 is 5.60 Å². The van der Waals surface area contributed by atoms with Crippen molar-refractivity contribution in [3.63, 3.8) is 0 Å².